The maximum Gasteiger partial charge on any atom is 0.229 e. The highest BCUT2D eigenvalue weighted by molar-refractivity contribution is 7.91. The molecular weight excluding hydrogens is 385 g/mol. The highest BCUT2D eigenvalue weighted by Gasteiger charge is 2.31. The van der Waals surface area contributed by atoms with Gasteiger partial charge in [0, 0.05) is 6.07 Å². The van der Waals surface area contributed by atoms with E-state index in [1.165, 1.54) is 0 Å². The molecule has 3 rings (SSSR count). The van der Waals surface area contributed by atoms with Crippen molar-refractivity contribution in [3.63, 3.8) is 0 Å². The Morgan fingerprint density at radius 2 is 2.08 bits per heavy atom. The second-order valence-electron chi connectivity index (χ2n) is 6.15. The van der Waals surface area contributed by atoms with Crippen LogP contribution < -0.4 is 5.32 Å². The van der Waals surface area contributed by atoms with Crippen molar-refractivity contribution in [3.05, 3.63) is 45.6 Å². The van der Waals surface area contributed by atoms with Gasteiger partial charge in [-0.2, -0.15) is 5.10 Å². The Morgan fingerprint density at radius 1 is 1.32 bits per heavy atom. The zero-order valence-electron chi connectivity index (χ0n) is 13.5. The Bertz CT molecular complexity index is 925. The van der Waals surface area contributed by atoms with E-state index in [1.54, 1.807) is 35.9 Å². The van der Waals surface area contributed by atoms with Crippen LogP contribution in [0.4, 0.5) is 5.82 Å². The summed E-state index contributed by atoms with van der Waals surface area (Å²) in [5.41, 5.74) is 1.45. The van der Waals surface area contributed by atoms with Gasteiger partial charge < -0.3 is 5.32 Å². The van der Waals surface area contributed by atoms with Gasteiger partial charge in [0.05, 0.1) is 39.7 Å². The molecule has 0 bridgehead atoms. The highest BCUT2D eigenvalue weighted by atomic mass is 35.5. The Kier molecular flexibility index (Phi) is 5.09. The van der Waals surface area contributed by atoms with Crippen LogP contribution in [0.25, 0.3) is 0 Å². The predicted molar refractivity (Wildman–Crippen MR) is 98.1 cm³/mol. The van der Waals surface area contributed by atoms with Crippen LogP contribution in [0.15, 0.2) is 24.3 Å². The van der Waals surface area contributed by atoms with Crippen LogP contribution >= 0.6 is 23.2 Å². The molecule has 1 unspecified atom stereocenters. The number of amides is 1. The number of halogens is 2. The lowest BCUT2D eigenvalue weighted by Crippen LogP contribution is -2.20. The van der Waals surface area contributed by atoms with Crippen LogP contribution in [-0.2, 0) is 21.1 Å². The molecule has 1 aliphatic rings. The number of rotatable bonds is 4. The number of sulfone groups is 1. The molecule has 1 N–H and O–H groups in total. The predicted octanol–water partition coefficient (Wildman–Crippen LogP) is 3.04. The molecule has 0 aliphatic carbocycles. The largest absolute Gasteiger partial charge is 0.311 e. The van der Waals surface area contributed by atoms with Crippen molar-refractivity contribution < 1.29 is 13.2 Å². The molecule has 1 amide bonds. The quantitative estimate of drug-likeness (QED) is 0.853. The first kappa shape index (κ1) is 18.2. The summed E-state index contributed by atoms with van der Waals surface area (Å²) >= 11 is 11.8. The molecule has 9 heteroatoms. The Labute approximate surface area is 156 Å². The molecule has 0 radical (unpaired) electrons. The lowest BCUT2D eigenvalue weighted by atomic mass is 10.1. The summed E-state index contributed by atoms with van der Waals surface area (Å²) in [6.45, 7) is 1.80. The molecular formula is C16H17Cl2N3O3S. The molecule has 25 heavy (non-hydrogen) atoms. The lowest BCUT2D eigenvalue weighted by Gasteiger charge is -2.14. The Balaban J connectivity index is 1.74. The zero-order valence-corrected chi connectivity index (χ0v) is 15.8. The standard InChI is InChI=1S/C16H17Cl2N3O3S/c1-10-6-15(21(20-10)12-4-5-25(23,24)9-12)19-16(22)8-11-2-3-13(17)14(18)7-11/h2-3,6-7,12H,4-5,8-9H2,1H3,(H,19,22). The number of aromatic nitrogens is 2. The van der Waals surface area contributed by atoms with E-state index in [9.17, 15) is 13.2 Å². The summed E-state index contributed by atoms with van der Waals surface area (Å²) in [4.78, 5) is 12.3. The van der Waals surface area contributed by atoms with Gasteiger partial charge in [0.15, 0.2) is 9.84 Å². The number of anilines is 1. The van der Waals surface area contributed by atoms with E-state index in [0.29, 0.717) is 28.0 Å². The van der Waals surface area contributed by atoms with Crippen molar-refractivity contribution in [2.75, 3.05) is 16.8 Å². The number of hydrogen-bond acceptors (Lipinski definition) is 4. The fraction of sp³-hybridized carbons (Fsp3) is 0.375. The van der Waals surface area contributed by atoms with Gasteiger partial charge in [0.25, 0.3) is 0 Å². The number of carbonyl (C=O) groups excluding carboxylic acids is 1. The second kappa shape index (κ2) is 6.97. The third kappa shape index (κ3) is 4.34. The first-order valence-electron chi connectivity index (χ1n) is 7.74. The number of aryl methyl sites for hydroxylation is 1. The van der Waals surface area contributed by atoms with E-state index in [1.807, 2.05) is 0 Å². The molecule has 1 aliphatic heterocycles. The molecule has 1 atom stereocenters. The van der Waals surface area contributed by atoms with Crippen LogP contribution in [0.5, 0.6) is 0 Å². The maximum atomic E-state index is 12.3. The first-order chi connectivity index (χ1) is 11.7. The number of benzene rings is 1. The normalized spacial score (nSPS) is 19.1. The van der Waals surface area contributed by atoms with Crippen LogP contribution in [0.3, 0.4) is 0 Å². The fourth-order valence-electron chi connectivity index (χ4n) is 2.88. The van der Waals surface area contributed by atoms with Crippen molar-refractivity contribution >= 4 is 44.8 Å². The summed E-state index contributed by atoms with van der Waals surface area (Å²) < 4.78 is 25.0. The molecule has 1 saturated heterocycles. The van der Waals surface area contributed by atoms with Crippen molar-refractivity contribution in [1.29, 1.82) is 0 Å². The van der Waals surface area contributed by atoms with Gasteiger partial charge in [-0.3, -0.25) is 4.79 Å². The van der Waals surface area contributed by atoms with Crippen molar-refractivity contribution in [3.8, 4) is 0 Å². The summed E-state index contributed by atoms with van der Waals surface area (Å²) in [6, 6.07) is 6.51. The van der Waals surface area contributed by atoms with Crippen LogP contribution in [0.1, 0.15) is 23.7 Å². The molecule has 2 aromatic rings. The summed E-state index contributed by atoms with van der Waals surface area (Å²) in [7, 11) is -3.04. The van der Waals surface area contributed by atoms with Crippen LogP contribution in [0.2, 0.25) is 10.0 Å². The summed E-state index contributed by atoms with van der Waals surface area (Å²) in [5.74, 6) is 0.460. The van der Waals surface area contributed by atoms with Gasteiger partial charge in [0.2, 0.25) is 5.91 Å². The molecule has 0 spiro atoms. The summed E-state index contributed by atoms with van der Waals surface area (Å²) in [5, 5.41) is 7.98. The van der Waals surface area contributed by atoms with E-state index in [0.717, 1.165) is 5.56 Å². The topological polar surface area (TPSA) is 81.1 Å². The minimum absolute atomic E-state index is 0.0454. The van der Waals surface area contributed by atoms with E-state index in [4.69, 9.17) is 23.2 Å². The average molecular weight is 402 g/mol. The van der Waals surface area contributed by atoms with Gasteiger partial charge >= 0.3 is 0 Å². The van der Waals surface area contributed by atoms with Gasteiger partial charge in [-0.1, -0.05) is 29.3 Å². The summed E-state index contributed by atoms with van der Waals surface area (Å²) in [6.07, 6.45) is 0.628. The van der Waals surface area contributed by atoms with Crippen LogP contribution in [0, 0.1) is 6.92 Å². The lowest BCUT2D eigenvalue weighted by molar-refractivity contribution is -0.115. The van der Waals surface area contributed by atoms with Crippen molar-refractivity contribution in [2.45, 2.75) is 25.8 Å². The van der Waals surface area contributed by atoms with Gasteiger partial charge in [-0.25, -0.2) is 13.1 Å². The first-order valence-corrected chi connectivity index (χ1v) is 10.3. The van der Waals surface area contributed by atoms with E-state index in [-0.39, 0.29) is 29.9 Å². The minimum atomic E-state index is -3.04. The molecule has 2 heterocycles. The van der Waals surface area contributed by atoms with Crippen LogP contribution in [-0.4, -0.2) is 35.6 Å². The highest BCUT2D eigenvalue weighted by Crippen LogP contribution is 2.27. The fourth-order valence-corrected chi connectivity index (χ4v) is 4.89. The number of nitrogens with zero attached hydrogens (tertiary/aromatic N) is 2. The van der Waals surface area contributed by atoms with Crippen molar-refractivity contribution in [2.24, 2.45) is 0 Å². The molecule has 134 valence electrons. The molecule has 6 nitrogen and oxygen atoms in total. The van der Waals surface area contributed by atoms with Gasteiger partial charge in [-0.15, -0.1) is 0 Å². The van der Waals surface area contributed by atoms with Gasteiger partial charge in [-0.05, 0) is 31.0 Å². The third-order valence-corrected chi connectivity index (χ3v) is 6.52. The monoisotopic (exact) mass is 401 g/mol. The Hall–Kier alpha value is -1.57. The van der Waals surface area contributed by atoms with Gasteiger partial charge in [0.1, 0.15) is 5.82 Å². The second-order valence-corrected chi connectivity index (χ2v) is 9.19. The number of nitrogens with one attached hydrogen (secondary N) is 1. The maximum absolute atomic E-state index is 12.3. The number of hydrogen-bond donors (Lipinski definition) is 1. The van der Waals surface area contributed by atoms with E-state index >= 15 is 0 Å². The van der Waals surface area contributed by atoms with E-state index in [2.05, 4.69) is 10.4 Å². The molecule has 1 aromatic heterocycles. The van der Waals surface area contributed by atoms with E-state index < -0.39 is 9.84 Å². The SMILES string of the molecule is Cc1cc(NC(=O)Cc2ccc(Cl)c(Cl)c2)n(C2CCS(=O)(=O)C2)n1. The smallest absolute Gasteiger partial charge is 0.229 e. The zero-order chi connectivity index (χ0) is 18.2. The third-order valence-electron chi connectivity index (χ3n) is 4.03. The molecule has 0 saturated carbocycles. The minimum Gasteiger partial charge on any atom is -0.311 e. The average Bonchev–Trinajstić information content (AvgIpc) is 3.05. The Morgan fingerprint density at radius 3 is 2.72 bits per heavy atom. The number of carbonyl (C=O) groups is 1. The molecule has 1 aromatic carbocycles. The van der Waals surface area contributed by atoms with Crippen molar-refractivity contribution in [1.82, 2.24) is 9.78 Å². The molecule has 1 fully saturated rings.